The molecule has 2 rings (SSSR count). The van der Waals surface area contributed by atoms with Crippen molar-refractivity contribution in [1.29, 1.82) is 0 Å². The Bertz CT molecular complexity index is 581. The standard InChI is InChI=1S/C14H16F2N4/c1-9(10-4-11(15)6-12(16)5-10)19-13-7-14(20(2)3)18-8-17-13/h4-9H,1-3H3,(H,17,18,19)/t9-/m1/s1. The Balaban J connectivity index is 2.18. The molecule has 1 atom stereocenters. The summed E-state index contributed by atoms with van der Waals surface area (Å²) in [6, 6.07) is 4.95. The molecule has 1 aromatic carbocycles. The summed E-state index contributed by atoms with van der Waals surface area (Å²) in [7, 11) is 3.75. The highest BCUT2D eigenvalue weighted by Gasteiger charge is 2.10. The van der Waals surface area contributed by atoms with Crippen LogP contribution in [0.15, 0.2) is 30.6 Å². The number of nitrogens with one attached hydrogen (secondary N) is 1. The molecule has 0 aliphatic rings. The van der Waals surface area contributed by atoms with Crippen molar-refractivity contribution in [2.75, 3.05) is 24.3 Å². The fourth-order valence-corrected chi connectivity index (χ4v) is 1.80. The number of halogens is 2. The third-order valence-electron chi connectivity index (χ3n) is 2.86. The summed E-state index contributed by atoms with van der Waals surface area (Å²) in [4.78, 5) is 10.0. The van der Waals surface area contributed by atoms with Crippen molar-refractivity contribution in [2.24, 2.45) is 0 Å². The third-order valence-corrected chi connectivity index (χ3v) is 2.86. The van der Waals surface area contributed by atoms with Crippen LogP contribution in [0.3, 0.4) is 0 Å². The Morgan fingerprint density at radius 3 is 2.30 bits per heavy atom. The molecule has 4 nitrogen and oxygen atoms in total. The van der Waals surface area contributed by atoms with Crippen LogP contribution >= 0.6 is 0 Å². The van der Waals surface area contributed by atoms with Gasteiger partial charge in [-0.2, -0.15) is 0 Å². The van der Waals surface area contributed by atoms with Gasteiger partial charge in [-0.1, -0.05) is 0 Å². The first-order valence-corrected chi connectivity index (χ1v) is 6.17. The highest BCUT2D eigenvalue weighted by molar-refractivity contribution is 5.48. The lowest BCUT2D eigenvalue weighted by molar-refractivity contribution is 0.577. The predicted molar refractivity (Wildman–Crippen MR) is 74.8 cm³/mol. The molecule has 0 aliphatic carbocycles. The minimum absolute atomic E-state index is 0.273. The van der Waals surface area contributed by atoms with Gasteiger partial charge < -0.3 is 10.2 Å². The average Bonchev–Trinajstić information content (AvgIpc) is 2.37. The molecule has 0 aliphatic heterocycles. The first kappa shape index (κ1) is 14.2. The first-order chi connectivity index (χ1) is 9.45. The van der Waals surface area contributed by atoms with E-state index in [0.29, 0.717) is 11.4 Å². The summed E-state index contributed by atoms with van der Waals surface area (Å²) in [6.07, 6.45) is 1.44. The molecule has 1 N–H and O–H groups in total. The maximum atomic E-state index is 13.2. The first-order valence-electron chi connectivity index (χ1n) is 6.17. The summed E-state index contributed by atoms with van der Waals surface area (Å²) in [6.45, 7) is 1.81. The molecule has 106 valence electrons. The van der Waals surface area contributed by atoms with E-state index in [9.17, 15) is 8.78 Å². The number of benzene rings is 1. The molecule has 2 aromatic rings. The van der Waals surface area contributed by atoms with Crippen LogP contribution in [-0.2, 0) is 0 Å². The molecule has 0 fully saturated rings. The van der Waals surface area contributed by atoms with Gasteiger partial charge in [0.2, 0.25) is 0 Å². The average molecular weight is 278 g/mol. The van der Waals surface area contributed by atoms with Gasteiger partial charge in [0, 0.05) is 26.2 Å². The van der Waals surface area contributed by atoms with Crippen molar-refractivity contribution in [3.8, 4) is 0 Å². The Labute approximate surface area is 116 Å². The van der Waals surface area contributed by atoms with Gasteiger partial charge in [0.05, 0.1) is 6.04 Å². The Kier molecular flexibility index (Phi) is 4.12. The van der Waals surface area contributed by atoms with Gasteiger partial charge >= 0.3 is 0 Å². The number of anilines is 2. The maximum absolute atomic E-state index is 13.2. The molecule has 0 radical (unpaired) electrons. The largest absolute Gasteiger partial charge is 0.363 e. The van der Waals surface area contributed by atoms with Crippen molar-refractivity contribution in [3.05, 3.63) is 47.8 Å². The van der Waals surface area contributed by atoms with Gasteiger partial charge in [-0.25, -0.2) is 18.7 Å². The van der Waals surface area contributed by atoms with Crippen molar-refractivity contribution < 1.29 is 8.78 Å². The maximum Gasteiger partial charge on any atom is 0.133 e. The molecule has 0 saturated heterocycles. The number of hydrogen-bond acceptors (Lipinski definition) is 4. The van der Waals surface area contributed by atoms with Gasteiger partial charge in [0.15, 0.2) is 0 Å². The fraction of sp³-hybridized carbons (Fsp3) is 0.286. The molecular formula is C14H16F2N4. The van der Waals surface area contributed by atoms with Crippen LogP contribution in [0.1, 0.15) is 18.5 Å². The molecule has 20 heavy (non-hydrogen) atoms. The second-order valence-corrected chi connectivity index (χ2v) is 4.72. The SMILES string of the molecule is C[C@@H](Nc1cc(N(C)C)ncn1)c1cc(F)cc(F)c1. The zero-order chi connectivity index (χ0) is 14.7. The van der Waals surface area contributed by atoms with Gasteiger partial charge in [-0.05, 0) is 24.6 Å². The predicted octanol–water partition coefficient (Wildman–Crippen LogP) is 2.99. The summed E-state index contributed by atoms with van der Waals surface area (Å²) >= 11 is 0. The van der Waals surface area contributed by atoms with E-state index in [1.165, 1.54) is 18.5 Å². The molecule has 6 heteroatoms. The van der Waals surface area contributed by atoms with Crippen LogP contribution in [0.4, 0.5) is 20.4 Å². The third kappa shape index (κ3) is 3.40. The minimum atomic E-state index is -0.592. The second kappa shape index (κ2) is 5.81. The normalized spacial score (nSPS) is 12.1. The van der Waals surface area contributed by atoms with Gasteiger partial charge in [0.1, 0.15) is 29.6 Å². The zero-order valence-electron chi connectivity index (χ0n) is 11.6. The van der Waals surface area contributed by atoms with E-state index in [0.717, 1.165) is 11.9 Å². The van der Waals surface area contributed by atoms with Crippen molar-refractivity contribution in [1.82, 2.24) is 9.97 Å². The topological polar surface area (TPSA) is 41.0 Å². The summed E-state index contributed by atoms with van der Waals surface area (Å²) in [5, 5.41) is 3.10. The molecule has 0 bridgehead atoms. The highest BCUT2D eigenvalue weighted by Crippen LogP contribution is 2.21. The molecule has 1 heterocycles. The van der Waals surface area contributed by atoms with Crippen LogP contribution in [0.25, 0.3) is 0 Å². The quantitative estimate of drug-likeness (QED) is 0.933. The van der Waals surface area contributed by atoms with Crippen molar-refractivity contribution >= 4 is 11.6 Å². The minimum Gasteiger partial charge on any atom is -0.363 e. The zero-order valence-corrected chi connectivity index (χ0v) is 11.6. The van der Waals surface area contributed by atoms with E-state index in [-0.39, 0.29) is 6.04 Å². The molecule has 1 aromatic heterocycles. The summed E-state index contributed by atoms with van der Waals surface area (Å²) < 4.78 is 26.4. The molecule has 0 saturated carbocycles. The highest BCUT2D eigenvalue weighted by atomic mass is 19.1. The lowest BCUT2D eigenvalue weighted by atomic mass is 10.1. The van der Waals surface area contributed by atoms with E-state index in [1.54, 1.807) is 6.07 Å². The van der Waals surface area contributed by atoms with E-state index in [1.807, 2.05) is 25.9 Å². The van der Waals surface area contributed by atoms with Crippen LogP contribution in [-0.4, -0.2) is 24.1 Å². The number of hydrogen-bond donors (Lipinski definition) is 1. The van der Waals surface area contributed by atoms with E-state index < -0.39 is 11.6 Å². The Hall–Kier alpha value is -2.24. The lowest BCUT2D eigenvalue weighted by Crippen LogP contribution is -2.13. The second-order valence-electron chi connectivity index (χ2n) is 4.72. The van der Waals surface area contributed by atoms with Crippen molar-refractivity contribution in [3.63, 3.8) is 0 Å². The number of aromatic nitrogens is 2. The van der Waals surface area contributed by atoms with Crippen LogP contribution in [0.2, 0.25) is 0 Å². The van der Waals surface area contributed by atoms with Gasteiger partial charge in [0.25, 0.3) is 0 Å². The van der Waals surface area contributed by atoms with E-state index in [4.69, 9.17) is 0 Å². The molecular weight excluding hydrogens is 262 g/mol. The number of nitrogens with zero attached hydrogens (tertiary/aromatic N) is 3. The Morgan fingerprint density at radius 1 is 1.05 bits per heavy atom. The molecule has 0 spiro atoms. The van der Waals surface area contributed by atoms with E-state index in [2.05, 4.69) is 15.3 Å². The fourth-order valence-electron chi connectivity index (χ4n) is 1.80. The summed E-state index contributed by atoms with van der Waals surface area (Å²) in [5.41, 5.74) is 0.521. The Morgan fingerprint density at radius 2 is 1.70 bits per heavy atom. The van der Waals surface area contributed by atoms with Crippen molar-refractivity contribution in [2.45, 2.75) is 13.0 Å². The lowest BCUT2D eigenvalue weighted by Gasteiger charge is -2.17. The van der Waals surface area contributed by atoms with Crippen LogP contribution in [0.5, 0.6) is 0 Å². The monoisotopic (exact) mass is 278 g/mol. The smallest absolute Gasteiger partial charge is 0.133 e. The molecule has 0 amide bonds. The number of rotatable bonds is 4. The van der Waals surface area contributed by atoms with Crippen LogP contribution in [0, 0.1) is 11.6 Å². The van der Waals surface area contributed by atoms with E-state index >= 15 is 0 Å². The summed E-state index contributed by atoms with van der Waals surface area (Å²) in [5.74, 6) is 0.164. The molecule has 0 unspecified atom stereocenters. The van der Waals surface area contributed by atoms with Gasteiger partial charge in [-0.3, -0.25) is 0 Å². The van der Waals surface area contributed by atoms with Crippen LogP contribution < -0.4 is 10.2 Å². The van der Waals surface area contributed by atoms with Gasteiger partial charge in [-0.15, -0.1) is 0 Å².